The van der Waals surface area contributed by atoms with Crippen molar-refractivity contribution < 1.29 is 19.1 Å². The third-order valence-corrected chi connectivity index (χ3v) is 3.38. The smallest absolute Gasteiger partial charge is 0.408 e. The number of alkyl carbamates (subject to hydrolysis) is 1. The molecule has 6 heteroatoms. The van der Waals surface area contributed by atoms with Gasteiger partial charge in [-0.05, 0) is 63.8 Å². The van der Waals surface area contributed by atoms with Crippen LogP contribution in [0.2, 0.25) is 0 Å². The van der Waals surface area contributed by atoms with Gasteiger partial charge in [-0.25, -0.2) is 9.59 Å². The number of esters is 1. The summed E-state index contributed by atoms with van der Waals surface area (Å²) in [5.74, 6) is -0.477. The van der Waals surface area contributed by atoms with E-state index in [9.17, 15) is 9.59 Å². The molecule has 2 aromatic rings. The van der Waals surface area contributed by atoms with E-state index in [0.29, 0.717) is 6.42 Å². The maximum absolute atomic E-state index is 12.4. The first-order valence-electron chi connectivity index (χ1n) is 8.40. The standard InChI is InChI=1S/C19H26N2O4/c1-12(2)24-17(22)16(21-18(23)25-19(3,4)5)11-13-6-7-15-14(10-13)8-9-20-15/h6-10,12,16,20H,11H2,1-5H3,(H,21,23). The predicted octanol–water partition coefficient (Wildman–Crippen LogP) is 3.56. The minimum absolute atomic E-state index is 0.261. The zero-order valence-corrected chi connectivity index (χ0v) is 15.4. The maximum atomic E-state index is 12.4. The normalized spacial score (nSPS) is 12.9. The fourth-order valence-corrected chi connectivity index (χ4v) is 2.42. The summed E-state index contributed by atoms with van der Waals surface area (Å²) in [4.78, 5) is 27.6. The molecule has 6 nitrogen and oxygen atoms in total. The van der Waals surface area contributed by atoms with Crippen molar-refractivity contribution in [3.8, 4) is 0 Å². The van der Waals surface area contributed by atoms with Crippen molar-refractivity contribution >= 4 is 23.0 Å². The highest BCUT2D eigenvalue weighted by atomic mass is 16.6. The van der Waals surface area contributed by atoms with E-state index in [0.717, 1.165) is 16.5 Å². The second kappa shape index (κ2) is 7.59. The second-order valence-electron chi connectivity index (χ2n) is 7.29. The predicted molar refractivity (Wildman–Crippen MR) is 96.4 cm³/mol. The minimum atomic E-state index is -0.811. The summed E-state index contributed by atoms with van der Waals surface area (Å²) in [7, 11) is 0. The topological polar surface area (TPSA) is 80.4 Å². The summed E-state index contributed by atoms with van der Waals surface area (Å²) in [5, 5.41) is 3.67. The van der Waals surface area contributed by atoms with Crippen LogP contribution < -0.4 is 5.32 Å². The molecule has 1 aromatic carbocycles. The molecule has 25 heavy (non-hydrogen) atoms. The lowest BCUT2D eigenvalue weighted by atomic mass is 10.0. The monoisotopic (exact) mass is 346 g/mol. The molecular weight excluding hydrogens is 320 g/mol. The van der Waals surface area contributed by atoms with Gasteiger partial charge in [-0.2, -0.15) is 0 Å². The van der Waals surface area contributed by atoms with Gasteiger partial charge in [0.1, 0.15) is 11.6 Å². The third kappa shape index (κ3) is 5.81. The van der Waals surface area contributed by atoms with E-state index >= 15 is 0 Å². The number of rotatable bonds is 5. The molecule has 2 N–H and O–H groups in total. The molecule has 1 unspecified atom stereocenters. The molecule has 0 aliphatic carbocycles. The fraction of sp³-hybridized carbons (Fsp3) is 0.474. The Kier molecular flexibility index (Phi) is 5.72. The van der Waals surface area contributed by atoms with Gasteiger partial charge in [0.25, 0.3) is 0 Å². The number of carbonyl (C=O) groups is 2. The Bertz CT molecular complexity index is 743. The third-order valence-electron chi connectivity index (χ3n) is 3.38. The van der Waals surface area contributed by atoms with E-state index in [2.05, 4.69) is 10.3 Å². The number of ether oxygens (including phenoxy) is 2. The van der Waals surface area contributed by atoms with Crippen LogP contribution in [0, 0.1) is 0 Å². The van der Waals surface area contributed by atoms with Gasteiger partial charge in [0.2, 0.25) is 0 Å². The summed E-state index contributed by atoms with van der Waals surface area (Å²) in [5.41, 5.74) is 1.31. The number of aromatic nitrogens is 1. The molecule has 0 bridgehead atoms. The van der Waals surface area contributed by atoms with Crippen molar-refractivity contribution in [3.63, 3.8) is 0 Å². The van der Waals surface area contributed by atoms with Gasteiger partial charge in [0, 0.05) is 18.1 Å². The number of H-pyrrole nitrogens is 1. The summed E-state index contributed by atoms with van der Waals surface area (Å²) < 4.78 is 10.5. The van der Waals surface area contributed by atoms with Crippen molar-refractivity contribution in [3.05, 3.63) is 36.0 Å². The number of benzene rings is 1. The zero-order chi connectivity index (χ0) is 18.6. The molecule has 136 valence electrons. The van der Waals surface area contributed by atoms with Gasteiger partial charge in [-0.15, -0.1) is 0 Å². The lowest BCUT2D eigenvalue weighted by Crippen LogP contribution is -2.46. The Morgan fingerprint density at radius 2 is 1.92 bits per heavy atom. The number of nitrogens with one attached hydrogen (secondary N) is 2. The first-order valence-corrected chi connectivity index (χ1v) is 8.40. The Morgan fingerprint density at radius 1 is 1.20 bits per heavy atom. The van der Waals surface area contributed by atoms with Crippen LogP contribution in [0.4, 0.5) is 4.79 Å². The average Bonchev–Trinajstić information content (AvgIpc) is 2.91. The van der Waals surface area contributed by atoms with Crippen LogP contribution in [0.1, 0.15) is 40.2 Å². The molecule has 0 aliphatic rings. The van der Waals surface area contributed by atoms with Crippen LogP contribution in [0.25, 0.3) is 10.9 Å². The number of fused-ring (bicyclic) bond motifs is 1. The highest BCUT2D eigenvalue weighted by Gasteiger charge is 2.26. The van der Waals surface area contributed by atoms with E-state index in [1.54, 1.807) is 34.6 Å². The number of hydrogen-bond donors (Lipinski definition) is 2. The molecule has 2 rings (SSSR count). The molecule has 1 heterocycles. The number of amides is 1. The molecule has 1 atom stereocenters. The van der Waals surface area contributed by atoms with Crippen molar-refractivity contribution in [2.24, 2.45) is 0 Å². The van der Waals surface area contributed by atoms with Crippen LogP contribution in [0.5, 0.6) is 0 Å². The molecule has 0 aliphatic heterocycles. The molecule has 0 fully saturated rings. The molecular formula is C19H26N2O4. The quantitative estimate of drug-likeness (QED) is 0.811. The SMILES string of the molecule is CC(C)OC(=O)C(Cc1ccc2[nH]ccc2c1)NC(=O)OC(C)(C)C. The van der Waals surface area contributed by atoms with Crippen molar-refractivity contribution in [2.45, 2.75) is 58.8 Å². The number of hydrogen-bond acceptors (Lipinski definition) is 4. The molecule has 0 spiro atoms. The molecule has 0 radical (unpaired) electrons. The van der Waals surface area contributed by atoms with Gasteiger partial charge in [-0.1, -0.05) is 6.07 Å². The van der Waals surface area contributed by atoms with Crippen LogP contribution in [0.3, 0.4) is 0 Å². The highest BCUT2D eigenvalue weighted by molar-refractivity contribution is 5.83. The summed E-state index contributed by atoms with van der Waals surface area (Å²) in [6, 6.07) is 7.00. The highest BCUT2D eigenvalue weighted by Crippen LogP contribution is 2.16. The average molecular weight is 346 g/mol. The first-order chi connectivity index (χ1) is 11.6. The van der Waals surface area contributed by atoms with Gasteiger partial charge in [0.05, 0.1) is 6.10 Å². The van der Waals surface area contributed by atoms with Gasteiger partial charge in [-0.3, -0.25) is 0 Å². The Hall–Kier alpha value is -2.50. The van der Waals surface area contributed by atoms with Crippen LogP contribution in [-0.4, -0.2) is 34.8 Å². The number of carbonyl (C=O) groups excluding carboxylic acids is 2. The molecule has 0 saturated carbocycles. The summed E-state index contributed by atoms with van der Waals surface area (Å²) in [6.07, 6.45) is 1.28. The van der Waals surface area contributed by atoms with E-state index < -0.39 is 23.7 Å². The first kappa shape index (κ1) is 18.8. The zero-order valence-electron chi connectivity index (χ0n) is 15.4. The van der Waals surface area contributed by atoms with Crippen LogP contribution in [0.15, 0.2) is 30.5 Å². The van der Waals surface area contributed by atoms with Crippen LogP contribution in [-0.2, 0) is 20.7 Å². The minimum Gasteiger partial charge on any atom is -0.461 e. The van der Waals surface area contributed by atoms with E-state index in [4.69, 9.17) is 9.47 Å². The molecule has 1 aromatic heterocycles. The van der Waals surface area contributed by atoms with Gasteiger partial charge in [0.15, 0.2) is 0 Å². The molecule has 0 saturated heterocycles. The van der Waals surface area contributed by atoms with Gasteiger partial charge < -0.3 is 19.8 Å². The Labute approximate surface area is 147 Å². The largest absolute Gasteiger partial charge is 0.461 e. The number of aromatic amines is 1. The lowest BCUT2D eigenvalue weighted by Gasteiger charge is -2.23. The second-order valence-corrected chi connectivity index (χ2v) is 7.29. The maximum Gasteiger partial charge on any atom is 0.408 e. The van der Waals surface area contributed by atoms with E-state index in [1.807, 2.05) is 30.5 Å². The molecule has 1 amide bonds. The van der Waals surface area contributed by atoms with Crippen molar-refractivity contribution in [2.75, 3.05) is 0 Å². The summed E-state index contributed by atoms with van der Waals surface area (Å²) in [6.45, 7) is 8.86. The fourth-order valence-electron chi connectivity index (χ4n) is 2.42. The van der Waals surface area contributed by atoms with Crippen LogP contribution >= 0.6 is 0 Å². The van der Waals surface area contributed by atoms with E-state index in [-0.39, 0.29) is 6.10 Å². The lowest BCUT2D eigenvalue weighted by molar-refractivity contribution is -0.149. The summed E-state index contributed by atoms with van der Waals surface area (Å²) >= 11 is 0. The Morgan fingerprint density at radius 3 is 2.56 bits per heavy atom. The van der Waals surface area contributed by atoms with Gasteiger partial charge >= 0.3 is 12.1 Å². The van der Waals surface area contributed by atoms with Crippen molar-refractivity contribution in [1.82, 2.24) is 10.3 Å². The van der Waals surface area contributed by atoms with E-state index in [1.165, 1.54) is 0 Å². The Balaban J connectivity index is 2.15. The van der Waals surface area contributed by atoms with Crippen molar-refractivity contribution in [1.29, 1.82) is 0 Å².